The summed E-state index contributed by atoms with van der Waals surface area (Å²) in [5.41, 5.74) is 0.482. The van der Waals surface area contributed by atoms with Gasteiger partial charge in [-0.2, -0.15) is 0 Å². The predicted octanol–water partition coefficient (Wildman–Crippen LogP) is 2.39. The molecule has 2 aromatic carbocycles. The number of rotatable bonds is 1. The van der Waals surface area contributed by atoms with Crippen LogP contribution in [0.5, 0.6) is 5.75 Å². The first-order chi connectivity index (χ1) is 10.5. The van der Waals surface area contributed by atoms with Crippen molar-refractivity contribution in [2.24, 2.45) is 5.92 Å². The van der Waals surface area contributed by atoms with Gasteiger partial charge in [-0.1, -0.05) is 31.2 Å². The van der Waals surface area contributed by atoms with Gasteiger partial charge in [0, 0.05) is 46.3 Å². The van der Waals surface area contributed by atoms with Gasteiger partial charge in [0.2, 0.25) is 0 Å². The number of amides is 1. The van der Waals surface area contributed by atoms with Crippen molar-refractivity contribution in [3.05, 3.63) is 42.0 Å². The van der Waals surface area contributed by atoms with Crippen molar-refractivity contribution >= 4 is 27.5 Å². The van der Waals surface area contributed by atoms with E-state index < -0.39 is 10.8 Å². The van der Waals surface area contributed by atoms with E-state index in [4.69, 9.17) is 0 Å². The van der Waals surface area contributed by atoms with Gasteiger partial charge in [-0.25, -0.2) is 0 Å². The highest BCUT2D eigenvalue weighted by atomic mass is 32.2. The molecule has 2 aromatic rings. The van der Waals surface area contributed by atoms with Crippen LogP contribution in [-0.2, 0) is 10.8 Å². The summed E-state index contributed by atoms with van der Waals surface area (Å²) in [5.74, 6) is 1.41. The molecular formula is C17H19NO3S. The molecule has 0 radical (unpaired) electrons. The molecule has 0 bridgehead atoms. The second-order valence-corrected chi connectivity index (χ2v) is 7.50. The van der Waals surface area contributed by atoms with E-state index in [0.29, 0.717) is 30.2 Å². The van der Waals surface area contributed by atoms with E-state index in [1.165, 1.54) is 6.07 Å². The maximum Gasteiger partial charge on any atom is 0.254 e. The summed E-state index contributed by atoms with van der Waals surface area (Å²) in [6, 6.07) is 10.8. The maximum absolute atomic E-state index is 12.7. The van der Waals surface area contributed by atoms with Gasteiger partial charge in [0.1, 0.15) is 5.75 Å². The Hall–Kier alpha value is -1.88. The molecule has 1 saturated heterocycles. The van der Waals surface area contributed by atoms with Gasteiger partial charge in [0.25, 0.3) is 5.91 Å². The van der Waals surface area contributed by atoms with Crippen LogP contribution in [0.1, 0.15) is 17.3 Å². The molecule has 1 amide bonds. The Morgan fingerprint density at radius 1 is 1.32 bits per heavy atom. The largest absolute Gasteiger partial charge is 0.507 e. The van der Waals surface area contributed by atoms with E-state index in [1.807, 2.05) is 37.3 Å². The predicted molar refractivity (Wildman–Crippen MR) is 88.6 cm³/mol. The third kappa shape index (κ3) is 2.99. The van der Waals surface area contributed by atoms with Crippen molar-refractivity contribution in [2.75, 3.05) is 24.6 Å². The Morgan fingerprint density at radius 2 is 2.09 bits per heavy atom. The normalized spacial score (nSPS) is 22.5. The lowest BCUT2D eigenvalue weighted by atomic mass is 10.0. The molecule has 1 aliphatic rings. The molecule has 2 atom stereocenters. The molecule has 1 heterocycles. The summed E-state index contributed by atoms with van der Waals surface area (Å²) in [7, 11) is -0.851. The Bertz CT molecular complexity index is 744. The molecule has 0 saturated carbocycles. The van der Waals surface area contributed by atoms with E-state index in [-0.39, 0.29) is 17.6 Å². The van der Waals surface area contributed by atoms with E-state index in [0.717, 1.165) is 10.8 Å². The Labute approximate surface area is 132 Å². The number of fused-ring (bicyclic) bond motifs is 1. The fourth-order valence-electron chi connectivity index (χ4n) is 2.91. The van der Waals surface area contributed by atoms with Crippen molar-refractivity contribution in [3.63, 3.8) is 0 Å². The fraction of sp³-hybridized carbons (Fsp3) is 0.353. The second-order valence-electron chi connectivity index (χ2n) is 5.88. The average Bonchev–Trinajstić information content (AvgIpc) is 2.67. The highest BCUT2D eigenvalue weighted by molar-refractivity contribution is 7.85. The minimum absolute atomic E-state index is 0.105. The molecule has 0 unspecified atom stereocenters. The number of hydrogen-bond acceptors (Lipinski definition) is 3. The standard InChI is InChI=1S/C17H19NO3S/c1-12-10-18(6-7-22(21)11-12)17(20)14-8-13-4-2-3-5-15(13)16(19)9-14/h2-5,8-9,12,19H,6-7,10-11H2,1H3/t12-,22+/m1/s1. The van der Waals surface area contributed by atoms with Crippen molar-refractivity contribution < 1.29 is 14.1 Å². The summed E-state index contributed by atoms with van der Waals surface area (Å²) >= 11 is 0. The smallest absolute Gasteiger partial charge is 0.254 e. The van der Waals surface area contributed by atoms with Crippen molar-refractivity contribution in [1.82, 2.24) is 4.90 Å². The van der Waals surface area contributed by atoms with Crippen molar-refractivity contribution in [1.29, 1.82) is 0 Å². The Morgan fingerprint density at radius 3 is 2.91 bits per heavy atom. The monoisotopic (exact) mass is 317 g/mol. The fourth-order valence-corrected chi connectivity index (χ4v) is 4.24. The lowest BCUT2D eigenvalue weighted by molar-refractivity contribution is 0.0751. The number of carbonyl (C=O) groups excluding carboxylic acids is 1. The molecule has 0 aromatic heterocycles. The van der Waals surface area contributed by atoms with E-state index in [9.17, 15) is 14.1 Å². The number of aromatic hydroxyl groups is 1. The molecular weight excluding hydrogens is 298 g/mol. The first-order valence-corrected chi connectivity index (χ1v) is 8.89. The second kappa shape index (κ2) is 6.08. The lowest BCUT2D eigenvalue weighted by Crippen LogP contribution is -2.35. The highest BCUT2D eigenvalue weighted by Crippen LogP contribution is 2.27. The first-order valence-electron chi connectivity index (χ1n) is 7.40. The minimum atomic E-state index is -0.851. The van der Waals surface area contributed by atoms with Crippen LogP contribution in [0, 0.1) is 5.92 Å². The minimum Gasteiger partial charge on any atom is -0.507 e. The SMILES string of the molecule is C[C@@H]1CN(C(=O)c2cc(O)c3ccccc3c2)CC[S@](=O)C1. The number of benzene rings is 2. The summed E-state index contributed by atoms with van der Waals surface area (Å²) in [6.07, 6.45) is 0. The number of carbonyl (C=O) groups is 1. The summed E-state index contributed by atoms with van der Waals surface area (Å²) < 4.78 is 11.8. The van der Waals surface area contributed by atoms with Gasteiger partial charge in [-0.05, 0) is 23.4 Å². The van der Waals surface area contributed by atoms with Gasteiger partial charge >= 0.3 is 0 Å². The highest BCUT2D eigenvalue weighted by Gasteiger charge is 2.24. The summed E-state index contributed by atoms with van der Waals surface area (Å²) in [4.78, 5) is 14.5. The zero-order chi connectivity index (χ0) is 15.7. The van der Waals surface area contributed by atoms with E-state index >= 15 is 0 Å². The van der Waals surface area contributed by atoms with Crippen LogP contribution in [0.3, 0.4) is 0 Å². The first kappa shape index (κ1) is 15.0. The number of nitrogens with zero attached hydrogens (tertiary/aromatic N) is 1. The Balaban J connectivity index is 1.93. The molecule has 0 spiro atoms. The zero-order valence-corrected chi connectivity index (χ0v) is 13.3. The van der Waals surface area contributed by atoms with E-state index in [2.05, 4.69) is 0 Å². The van der Waals surface area contributed by atoms with Crippen LogP contribution in [0.4, 0.5) is 0 Å². The van der Waals surface area contributed by atoms with E-state index in [1.54, 1.807) is 4.90 Å². The third-order valence-corrected chi connectivity index (χ3v) is 5.54. The average molecular weight is 317 g/mol. The molecule has 5 heteroatoms. The topological polar surface area (TPSA) is 57.6 Å². The quantitative estimate of drug-likeness (QED) is 0.878. The Kier molecular flexibility index (Phi) is 4.16. The molecule has 1 N–H and O–H groups in total. The van der Waals surface area contributed by atoms with Gasteiger partial charge in [0.05, 0.1) is 0 Å². The summed E-state index contributed by atoms with van der Waals surface area (Å²) in [6.45, 7) is 3.13. The van der Waals surface area contributed by atoms with Crippen LogP contribution in [0.15, 0.2) is 36.4 Å². The van der Waals surface area contributed by atoms with Crippen molar-refractivity contribution in [3.8, 4) is 5.75 Å². The molecule has 116 valence electrons. The van der Waals surface area contributed by atoms with Gasteiger partial charge < -0.3 is 10.0 Å². The zero-order valence-electron chi connectivity index (χ0n) is 12.5. The molecule has 4 nitrogen and oxygen atoms in total. The maximum atomic E-state index is 12.7. The van der Waals surface area contributed by atoms with Crippen molar-refractivity contribution in [2.45, 2.75) is 6.92 Å². The molecule has 1 aliphatic heterocycles. The number of phenols is 1. The lowest BCUT2D eigenvalue weighted by Gasteiger charge is -2.22. The van der Waals surface area contributed by atoms with Crippen LogP contribution < -0.4 is 0 Å². The number of phenolic OH excluding ortho intramolecular Hbond substituents is 1. The van der Waals surface area contributed by atoms with Crippen LogP contribution in [0.2, 0.25) is 0 Å². The molecule has 0 aliphatic carbocycles. The van der Waals surface area contributed by atoms with Crippen LogP contribution >= 0.6 is 0 Å². The van der Waals surface area contributed by atoms with Crippen LogP contribution in [0.25, 0.3) is 10.8 Å². The molecule has 1 fully saturated rings. The number of hydrogen-bond donors (Lipinski definition) is 1. The molecule has 22 heavy (non-hydrogen) atoms. The molecule has 3 rings (SSSR count). The van der Waals surface area contributed by atoms with Gasteiger partial charge in [-0.3, -0.25) is 9.00 Å². The summed E-state index contributed by atoms with van der Waals surface area (Å²) in [5, 5.41) is 11.7. The van der Waals surface area contributed by atoms with Crippen LogP contribution in [-0.4, -0.2) is 44.7 Å². The van der Waals surface area contributed by atoms with Gasteiger partial charge in [0.15, 0.2) is 0 Å². The third-order valence-electron chi connectivity index (χ3n) is 3.97. The van der Waals surface area contributed by atoms with Gasteiger partial charge in [-0.15, -0.1) is 0 Å².